The van der Waals surface area contributed by atoms with Gasteiger partial charge in [0, 0.05) is 25.3 Å². The minimum Gasteiger partial charge on any atom is -0.493 e. The Labute approximate surface area is 194 Å². The molecule has 0 spiro atoms. The van der Waals surface area contributed by atoms with Crippen molar-refractivity contribution >= 4 is 24.0 Å². The molecule has 33 heavy (non-hydrogen) atoms. The number of hydrogen-bond acceptors (Lipinski definition) is 6. The Bertz CT molecular complexity index is 929. The van der Waals surface area contributed by atoms with E-state index in [2.05, 4.69) is 5.32 Å². The number of carbonyl (C=O) groups is 3. The number of alkyl carbamates (subject to hydrolysis) is 1. The molecule has 0 radical (unpaired) electrons. The summed E-state index contributed by atoms with van der Waals surface area (Å²) in [6.07, 6.45) is 4.46. The van der Waals surface area contributed by atoms with Crippen molar-refractivity contribution in [3.8, 4) is 11.5 Å². The lowest BCUT2D eigenvalue weighted by molar-refractivity contribution is -0.138. The summed E-state index contributed by atoms with van der Waals surface area (Å²) in [5.74, 6) is 0.863. The highest BCUT2D eigenvalue weighted by atomic mass is 16.6. The summed E-state index contributed by atoms with van der Waals surface area (Å²) in [5, 5.41) is 2.87. The Morgan fingerprint density at radius 1 is 1.09 bits per heavy atom. The van der Waals surface area contributed by atoms with E-state index in [9.17, 15) is 14.4 Å². The minimum atomic E-state index is -0.552. The number of nitrogens with zero attached hydrogens (tertiary/aromatic N) is 2. The van der Waals surface area contributed by atoms with Crippen molar-refractivity contribution in [2.45, 2.75) is 51.7 Å². The fourth-order valence-electron chi connectivity index (χ4n) is 3.90. The summed E-state index contributed by atoms with van der Waals surface area (Å²) in [6.45, 7) is 6.45. The number of benzene rings is 1. The molecule has 9 heteroatoms. The van der Waals surface area contributed by atoms with Crippen LogP contribution in [0.25, 0.3) is 6.08 Å². The molecule has 1 N–H and O–H groups in total. The second-order valence-corrected chi connectivity index (χ2v) is 9.22. The first-order valence-electron chi connectivity index (χ1n) is 11.1. The number of likely N-dealkylation sites (tertiary alicyclic amines) is 1. The Kier molecular flexibility index (Phi) is 7.50. The van der Waals surface area contributed by atoms with E-state index in [-0.39, 0.29) is 30.8 Å². The van der Waals surface area contributed by atoms with Crippen molar-refractivity contribution in [1.82, 2.24) is 15.1 Å². The molecular weight excluding hydrogens is 426 g/mol. The molecular formula is C24H33N3O6. The topological polar surface area (TPSA) is 97.4 Å². The molecule has 1 aromatic rings. The van der Waals surface area contributed by atoms with Crippen LogP contribution < -0.4 is 14.8 Å². The van der Waals surface area contributed by atoms with E-state index >= 15 is 0 Å². The standard InChI is InChI=1S/C24H33N3O6/c1-24(2,3)33-23(30)25-18-7-10-26(11-8-18)22(29)15-27-9-6-16-12-19(31-4)20(32-5)13-17(16)14-21(27)28/h6,9,12-13,18H,7-8,10-11,14-15H2,1-5H3,(H,25,30). The lowest BCUT2D eigenvalue weighted by Gasteiger charge is -2.33. The van der Waals surface area contributed by atoms with E-state index in [1.54, 1.807) is 31.4 Å². The predicted molar refractivity (Wildman–Crippen MR) is 123 cm³/mol. The first-order chi connectivity index (χ1) is 15.6. The van der Waals surface area contributed by atoms with Gasteiger partial charge in [-0.05, 0) is 62.9 Å². The third-order valence-corrected chi connectivity index (χ3v) is 5.62. The van der Waals surface area contributed by atoms with E-state index in [0.29, 0.717) is 37.4 Å². The van der Waals surface area contributed by atoms with Gasteiger partial charge in [0.15, 0.2) is 11.5 Å². The Morgan fingerprint density at radius 2 is 1.73 bits per heavy atom. The molecule has 1 aromatic carbocycles. The number of carbonyl (C=O) groups excluding carboxylic acids is 3. The molecule has 0 aromatic heterocycles. The summed E-state index contributed by atoms with van der Waals surface area (Å²) in [6, 6.07) is 3.58. The zero-order chi connectivity index (χ0) is 24.2. The molecule has 0 saturated carbocycles. The molecule has 2 aliphatic heterocycles. The highest BCUT2D eigenvalue weighted by Gasteiger charge is 2.28. The highest BCUT2D eigenvalue weighted by molar-refractivity contribution is 5.89. The predicted octanol–water partition coefficient (Wildman–Crippen LogP) is 2.57. The van der Waals surface area contributed by atoms with Crippen molar-refractivity contribution < 1.29 is 28.6 Å². The fourth-order valence-corrected chi connectivity index (χ4v) is 3.90. The molecule has 180 valence electrons. The van der Waals surface area contributed by atoms with Crippen molar-refractivity contribution in [3.63, 3.8) is 0 Å². The van der Waals surface area contributed by atoms with Crippen molar-refractivity contribution in [2.75, 3.05) is 33.9 Å². The summed E-state index contributed by atoms with van der Waals surface area (Å²) < 4.78 is 16.0. The Balaban J connectivity index is 1.55. The molecule has 2 heterocycles. The maximum Gasteiger partial charge on any atom is 0.407 e. The van der Waals surface area contributed by atoms with Gasteiger partial charge in [-0.3, -0.25) is 9.59 Å². The number of rotatable bonds is 5. The second-order valence-electron chi connectivity index (χ2n) is 9.22. The first-order valence-corrected chi connectivity index (χ1v) is 11.1. The summed E-state index contributed by atoms with van der Waals surface area (Å²) in [4.78, 5) is 40.8. The summed E-state index contributed by atoms with van der Waals surface area (Å²) in [7, 11) is 3.11. The quantitative estimate of drug-likeness (QED) is 0.727. The van der Waals surface area contributed by atoms with Crippen LogP contribution in [0.4, 0.5) is 4.79 Å². The molecule has 0 bridgehead atoms. The third-order valence-electron chi connectivity index (χ3n) is 5.62. The van der Waals surface area contributed by atoms with Gasteiger partial charge in [0.05, 0.1) is 20.6 Å². The highest BCUT2D eigenvalue weighted by Crippen LogP contribution is 2.32. The molecule has 3 amide bonds. The van der Waals surface area contributed by atoms with Gasteiger partial charge >= 0.3 is 6.09 Å². The van der Waals surface area contributed by atoms with Gasteiger partial charge < -0.3 is 29.3 Å². The van der Waals surface area contributed by atoms with Gasteiger partial charge in [0.2, 0.25) is 11.8 Å². The van der Waals surface area contributed by atoms with E-state index in [1.807, 2.05) is 32.9 Å². The first kappa shape index (κ1) is 24.4. The van der Waals surface area contributed by atoms with Crippen molar-refractivity contribution in [2.24, 2.45) is 0 Å². The van der Waals surface area contributed by atoms with Crippen LogP contribution in [0.1, 0.15) is 44.7 Å². The molecule has 1 fully saturated rings. The third kappa shape index (κ3) is 6.40. The van der Waals surface area contributed by atoms with Crippen LogP contribution in [0, 0.1) is 0 Å². The average Bonchev–Trinajstić information content (AvgIpc) is 2.89. The fraction of sp³-hybridized carbons (Fsp3) is 0.542. The van der Waals surface area contributed by atoms with Gasteiger partial charge in [-0.1, -0.05) is 0 Å². The van der Waals surface area contributed by atoms with Crippen LogP contribution in [-0.4, -0.2) is 73.2 Å². The van der Waals surface area contributed by atoms with Gasteiger partial charge in [0.25, 0.3) is 0 Å². The van der Waals surface area contributed by atoms with Crippen molar-refractivity contribution in [3.05, 3.63) is 29.5 Å². The van der Waals surface area contributed by atoms with Crippen LogP contribution >= 0.6 is 0 Å². The maximum atomic E-state index is 12.9. The SMILES string of the molecule is COc1cc2c(cc1OC)CC(=O)N(CC(=O)N1CCC(NC(=O)OC(C)(C)C)CC1)C=C2. The number of hydrogen-bond donors (Lipinski definition) is 1. The van der Waals surface area contributed by atoms with Crippen LogP contribution in [-0.2, 0) is 20.7 Å². The molecule has 0 aliphatic carbocycles. The van der Waals surface area contributed by atoms with E-state index < -0.39 is 11.7 Å². The molecule has 9 nitrogen and oxygen atoms in total. The number of piperidine rings is 1. The maximum absolute atomic E-state index is 12.9. The smallest absolute Gasteiger partial charge is 0.407 e. The number of ether oxygens (including phenoxy) is 3. The van der Waals surface area contributed by atoms with E-state index in [1.165, 1.54) is 4.90 Å². The minimum absolute atomic E-state index is 0.0260. The molecule has 1 saturated heterocycles. The lowest BCUT2D eigenvalue weighted by atomic mass is 10.0. The normalized spacial score (nSPS) is 16.7. The Hall–Kier alpha value is -3.23. The van der Waals surface area contributed by atoms with Gasteiger partial charge in [-0.25, -0.2) is 4.79 Å². The zero-order valence-corrected chi connectivity index (χ0v) is 20.0. The monoisotopic (exact) mass is 459 g/mol. The van der Waals surface area contributed by atoms with Crippen LogP contribution in [0.3, 0.4) is 0 Å². The zero-order valence-electron chi connectivity index (χ0n) is 20.0. The molecule has 2 aliphatic rings. The molecule has 0 atom stereocenters. The van der Waals surface area contributed by atoms with Crippen molar-refractivity contribution in [1.29, 1.82) is 0 Å². The van der Waals surface area contributed by atoms with E-state index in [0.717, 1.165) is 11.1 Å². The lowest BCUT2D eigenvalue weighted by Crippen LogP contribution is -2.49. The molecule has 3 rings (SSSR count). The molecule has 0 unspecified atom stereocenters. The second kappa shape index (κ2) is 10.1. The Morgan fingerprint density at radius 3 is 2.33 bits per heavy atom. The van der Waals surface area contributed by atoms with Gasteiger partial charge in [0.1, 0.15) is 12.1 Å². The van der Waals surface area contributed by atoms with Gasteiger partial charge in [-0.15, -0.1) is 0 Å². The number of methoxy groups -OCH3 is 2. The number of amides is 3. The van der Waals surface area contributed by atoms with E-state index in [4.69, 9.17) is 14.2 Å². The largest absolute Gasteiger partial charge is 0.493 e. The summed E-state index contributed by atoms with van der Waals surface area (Å²) >= 11 is 0. The van der Waals surface area contributed by atoms with Crippen LogP contribution in [0.15, 0.2) is 18.3 Å². The summed E-state index contributed by atoms with van der Waals surface area (Å²) in [5.41, 5.74) is 1.12. The van der Waals surface area contributed by atoms with Crippen LogP contribution in [0.2, 0.25) is 0 Å². The average molecular weight is 460 g/mol. The number of fused-ring (bicyclic) bond motifs is 1. The number of nitrogens with one attached hydrogen (secondary N) is 1. The van der Waals surface area contributed by atoms with Crippen LogP contribution in [0.5, 0.6) is 11.5 Å². The van der Waals surface area contributed by atoms with Gasteiger partial charge in [-0.2, -0.15) is 0 Å².